The first-order chi connectivity index (χ1) is 10.2. The fraction of sp³-hybridized carbons (Fsp3) is 0.0588. The van der Waals surface area contributed by atoms with E-state index in [1.807, 2.05) is 42.5 Å². The minimum Gasteiger partial charge on any atom is -0.497 e. The van der Waals surface area contributed by atoms with Gasteiger partial charge in [-0.25, -0.2) is 0 Å². The summed E-state index contributed by atoms with van der Waals surface area (Å²) in [5, 5.41) is 4.78. The van der Waals surface area contributed by atoms with Crippen molar-refractivity contribution in [1.82, 2.24) is 0 Å². The Balaban J connectivity index is 2.25. The third kappa shape index (κ3) is 1.84. The summed E-state index contributed by atoms with van der Waals surface area (Å²) in [7, 11) is 1.66. The van der Waals surface area contributed by atoms with Crippen molar-refractivity contribution in [2.75, 3.05) is 7.11 Å². The Hall–Kier alpha value is -1.71. The van der Waals surface area contributed by atoms with E-state index in [1.165, 1.54) is 0 Å². The molecular formula is C17H10BrClO2. The summed E-state index contributed by atoms with van der Waals surface area (Å²) in [5.41, 5.74) is 1.61. The number of rotatable bonds is 1. The number of furan rings is 1. The lowest BCUT2D eigenvalue weighted by Gasteiger charge is -2.05. The minimum atomic E-state index is 0.689. The highest BCUT2D eigenvalue weighted by molar-refractivity contribution is 9.10. The molecule has 0 radical (unpaired) electrons. The Morgan fingerprint density at radius 2 is 1.90 bits per heavy atom. The van der Waals surface area contributed by atoms with E-state index in [0.717, 1.165) is 42.9 Å². The number of hydrogen-bond donors (Lipinski definition) is 0. The van der Waals surface area contributed by atoms with Crippen molar-refractivity contribution in [1.29, 1.82) is 0 Å². The van der Waals surface area contributed by atoms with Gasteiger partial charge in [-0.05, 0) is 51.6 Å². The molecule has 0 saturated heterocycles. The lowest BCUT2D eigenvalue weighted by Crippen LogP contribution is -1.83. The van der Waals surface area contributed by atoms with Gasteiger partial charge in [-0.2, -0.15) is 0 Å². The molecule has 0 aliphatic rings. The second kappa shape index (κ2) is 4.65. The second-order valence-electron chi connectivity index (χ2n) is 4.87. The van der Waals surface area contributed by atoms with Crippen molar-refractivity contribution in [3.05, 3.63) is 52.0 Å². The predicted octanol–water partition coefficient (Wildman–Crippen LogP) is 6.16. The van der Waals surface area contributed by atoms with Crippen molar-refractivity contribution in [2.24, 2.45) is 0 Å². The Morgan fingerprint density at radius 1 is 1.05 bits per heavy atom. The molecule has 3 aromatic carbocycles. The van der Waals surface area contributed by atoms with E-state index in [2.05, 4.69) is 15.9 Å². The topological polar surface area (TPSA) is 22.4 Å². The molecule has 21 heavy (non-hydrogen) atoms. The molecule has 4 rings (SSSR count). The lowest BCUT2D eigenvalue weighted by molar-refractivity contribution is 0.415. The third-order valence-electron chi connectivity index (χ3n) is 3.69. The molecule has 0 bridgehead atoms. The first kappa shape index (κ1) is 13.0. The van der Waals surface area contributed by atoms with Crippen LogP contribution in [-0.4, -0.2) is 7.11 Å². The fourth-order valence-electron chi connectivity index (χ4n) is 2.70. The molecule has 0 aliphatic carbocycles. The van der Waals surface area contributed by atoms with Crippen LogP contribution in [0.3, 0.4) is 0 Å². The summed E-state index contributed by atoms with van der Waals surface area (Å²) in [6.45, 7) is 0. The normalized spacial score (nSPS) is 11.6. The van der Waals surface area contributed by atoms with Crippen LogP contribution >= 0.6 is 27.5 Å². The number of fused-ring (bicyclic) bond motifs is 4. The second-order valence-corrected chi connectivity index (χ2v) is 6.07. The summed E-state index contributed by atoms with van der Waals surface area (Å²) in [6, 6.07) is 13.7. The molecule has 0 saturated carbocycles. The summed E-state index contributed by atoms with van der Waals surface area (Å²) in [5.74, 6) is 0.821. The Kier molecular flexibility index (Phi) is 2.88. The first-order valence-corrected chi connectivity index (χ1v) is 7.63. The van der Waals surface area contributed by atoms with Gasteiger partial charge in [-0.3, -0.25) is 0 Å². The van der Waals surface area contributed by atoms with Crippen LogP contribution in [0.15, 0.2) is 51.4 Å². The molecule has 0 aliphatic heterocycles. The Labute approximate surface area is 134 Å². The van der Waals surface area contributed by atoms with Gasteiger partial charge < -0.3 is 9.15 Å². The Bertz CT molecular complexity index is 1000. The van der Waals surface area contributed by atoms with Crippen LogP contribution in [0.2, 0.25) is 5.02 Å². The van der Waals surface area contributed by atoms with Crippen LogP contribution in [0.5, 0.6) is 5.75 Å². The van der Waals surface area contributed by atoms with Crippen molar-refractivity contribution < 1.29 is 9.15 Å². The van der Waals surface area contributed by atoms with E-state index in [4.69, 9.17) is 20.8 Å². The van der Waals surface area contributed by atoms with Gasteiger partial charge in [0.05, 0.1) is 12.1 Å². The smallest absolute Gasteiger partial charge is 0.137 e. The number of methoxy groups -OCH3 is 1. The molecule has 0 atom stereocenters. The van der Waals surface area contributed by atoms with Crippen molar-refractivity contribution in [2.45, 2.75) is 0 Å². The zero-order chi connectivity index (χ0) is 14.6. The molecule has 0 fully saturated rings. The largest absolute Gasteiger partial charge is 0.497 e. The molecule has 0 N–H and O–H groups in total. The summed E-state index contributed by atoms with van der Waals surface area (Å²) >= 11 is 10.1. The van der Waals surface area contributed by atoms with Gasteiger partial charge in [0, 0.05) is 20.6 Å². The maximum atomic E-state index is 6.35. The Morgan fingerprint density at radius 3 is 2.71 bits per heavy atom. The minimum absolute atomic E-state index is 0.689. The summed E-state index contributed by atoms with van der Waals surface area (Å²) in [6.07, 6.45) is 0. The van der Waals surface area contributed by atoms with E-state index in [9.17, 15) is 0 Å². The molecule has 4 heteroatoms. The maximum Gasteiger partial charge on any atom is 0.137 e. The average Bonchev–Trinajstić information content (AvgIpc) is 2.87. The molecule has 0 amide bonds. The van der Waals surface area contributed by atoms with Crippen LogP contribution in [0, 0.1) is 0 Å². The highest BCUT2D eigenvalue weighted by Gasteiger charge is 2.15. The van der Waals surface area contributed by atoms with E-state index in [-0.39, 0.29) is 0 Å². The molecule has 1 aromatic heterocycles. The standard InChI is InChI=1S/C17H10BrClO2/c1-20-10-6-5-9-7-14-16(17(18)11(9)8-10)15-12(19)3-2-4-13(15)21-14/h2-8H,1H3. The monoisotopic (exact) mass is 360 g/mol. The van der Waals surface area contributed by atoms with Crippen LogP contribution in [0.25, 0.3) is 32.7 Å². The van der Waals surface area contributed by atoms with Gasteiger partial charge in [0.15, 0.2) is 0 Å². The highest BCUT2D eigenvalue weighted by atomic mass is 79.9. The van der Waals surface area contributed by atoms with Crippen LogP contribution in [0.1, 0.15) is 0 Å². The number of hydrogen-bond acceptors (Lipinski definition) is 2. The third-order valence-corrected chi connectivity index (χ3v) is 4.83. The van der Waals surface area contributed by atoms with Gasteiger partial charge in [0.2, 0.25) is 0 Å². The van der Waals surface area contributed by atoms with Crippen molar-refractivity contribution >= 4 is 60.2 Å². The number of halogens is 2. The van der Waals surface area contributed by atoms with E-state index in [0.29, 0.717) is 5.02 Å². The predicted molar refractivity (Wildman–Crippen MR) is 90.5 cm³/mol. The first-order valence-electron chi connectivity index (χ1n) is 6.46. The molecule has 1 heterocycles. The van der Waals surface area contributed by atoms with Gasteiger partial charge in [-0.15, -0.1) is 0 Å². The van der Waals surface area contributed by atoms with Gasteiger partial charge in [0.1, 0.15) is 16.9 Å². The van der Waals surface area contributed by atoms with Crippen molar-refractivity contribution in [3.63, 3.8) is 0 Å². The molecule has 0 spiro atoms. The molecule has 2 nitrogen and oxygen atoms in total. The van der Waals surface area contributed by atoms with Crippen LogP contribution < -0.4 is 4.74 Å². The molecule has 0 unspecified atom stereocenters. The molecule has 104 valence electrons. The number of benzene rings is 3. The summed E-state index contributed by atoms with van der Waals surface area (Å²) in [4.78, 5) is 0. The zero-order valence-electron chi connectivity index (χ0n) is 11.1. The van der Waals surface area contributed by atoms with E-state index < -0.39 is 0 Å². The van der Waals surface area contributed by atoms with E-state index in [1.54, 1.807) is 7.11 Å². The highest BCUT2D eigenvalue weighted by Crippen LogP contribution is 2.42. The van der Waals surface area contributed by atoms with Crippen LogP contribution in [0.4, 0.5) is 0 Å². The number of ether oxygens (including phenoxy) is 1. The molecular weight excluding hydrogens is 352 g/mol. The van der Waals surface area contributed by atoms with Gasteiger partial charge in [-0.1, -0.05) is 23.7 Å². The maximum absolute atomic E-state index is 6.35. The fourth-order valence-corrected chi connectivity index (χ4v) is 3.70. The van der Waals surface area contributed by atoms with Crippen molar-refractivity contribution in [3.8, 4) is 5.75 Å². The lowest BCUT2D eigenvalue weighted by atomic mass is 10.1. The zero-order valence-corrected chi connectivity index (χ0v) is 13.5. The quantitative estimate of drug-likeness (QED) is 0.405. The molecule has 4 aromatic rings. The van der Waals surface area contributed by atoms with Crippen LogP contribution in [-0.2, 0) is 0 Å². The van der Waals surface area contributed by atoms with Gasteiger partial charge in [0.25, 0.3) is 0 Å². The van der Waals surface area contributed by atoms with E-state index >= 15 is 0 Å². The average molecular weight is 362 g/mol. The van der Waals surface area contributed by atoms with Gasteiger partial charge >= 0.3 is 0 Å². The SMILES string of the molecule is COc1ccc2cc3oc4cccc(Cl)c4c3c(Br)c2c1. The summed E-state index contributed by atoms with van der Waals surface area (Å²) < 4.78 is 12.2.